The number of nitrogens with zero attached hydrogens (tertiary/aromatic N) is 2. The fraction of sp³-hybridized carbons (Fsp3) is 0.500. The van der Waals surface area contributed by atoms with Gasteiger partial charge in [0.25, 0.3) is 0 Å². The molecule has 3 aliphatic heterocycles. The minimum atomic E-state index is -0.559. The molecule has 8 nitrogen and oxygen atoms in total. The van der Waals surface area contributed by atoms with Crippen molar-refractivity contribution in [2.45, 2.75) is 70.4 Å². The maximum Gasteiger partial charge on any atom is 0.410 e. The quantitative estimate of drug-likeness (QED) is 0.644. The molecular weight excluding hydrogens is 477 g/mol. The molecule has 0 radical (unpaired) electrons. The van der Waals surface area contributed by atoms with E-state index in [9.17, 15) is 9.59 Å². The van der Waals surface area contributed by atoms with Gasteiger partial charge in [0, 0.05) is 36.8 Å². The van der Waals surface area contributed by atoms with E-state index in [1.165, 1.54) is 6.07 Å². The molecule has 3 atom stereocenters. The number of hydrogen-bond acceptors (Lipinski definition) is 6. The SMILES string of the molecule is CC(C)(C)OC(=O)N1C2CCC1CN(c1cc(F)c3c(c1)OC[C@@H](NC(=O)OCc1ccccc1)C3)C2. The molecule has 2 unspecified atom stereocenters. The molecule has 2 bridgehead atoms. The molecule has 2 fully saturated rings. The second kappa shape index (κ2) is 10.1. The van der Waals surface area contributed by atoms with Gasteiger partial charge in [-0.25, -0.2) is 14.0 Å². The molecule has 2 saturated heterocycles. The highest BCUT2D eigenvalue weighted by atomic mass is 19.1. The first-order chi connectivity index (χ1) is 17.7. The van der Waals surface area contributed by atoms with Crippen LogP contribution in [-0.2, 0) is 22.5 Å². The van der Waals surface area contributed by atoms with Gasteiger partial charge in [0.2, 0.25) is 0 Å². The van der Waals surface area contributed by atoms with E-state index >= 15 is 4.39 Å². The third-order valence-corrected chi connectivity index (χ3v) is 7.02. The lowest BCUT2D eigenvalue weighted by molar-refractivity contribution is 0.0123. The summed E-state index contributed by atoms with van der Waals surface area (Å²) in [6.45, 7) is 7.23. The standard InChI is InChI=1S/C28H34FN3O5/c1-28(2,3)37-27(34)32-20-9-10-21(32)15-31(14-20)22-12-24(29)23-11-19(17-35-25(23)13-22)30-26(33)36-16-18-7-5-4-6-8-18/h4-8,12-13,19-21H,9-11,14-17H2,1-3H3,(H,30,33)/t19-,20?,21?/m0/s1. The Balaban J connectivity index is 1.20. The summed E-state index contributed by atoms with van der Waals surface area (Å²) in [5.41, 5.74) is 1.53. The minimum Gasteiger partial charge on any atom is -0.491 e. The number of hydrogen-bond donors (Lipinski definition) is 1. The predicted octanol–water partition coefficient (Wildman–Crippen LogP) is 4.64. The smallest absolute Gasteiger partial charge is 0.410 e. The molecule has 2 aromatic rings. The predicted molar refractivity (Wildman–Crippen MR) is 136 cm³/mol. The number of fused-ring (bicyclic) bond motifs is 3. The van der Waals surface area contributed by atoms with Gasteiger partial charge in [-0.3, -0.25) is 4.90 Å². The van der Waals surface area contributed by atoms with Crippen LogP contribution in [0.25, 0.3) is 0 Å². The van der Waals surface area contributed by atoms with E-state index in [-0.39, 0.29) is 43.2 Å². The number of piperazine rings is 1. The molecule has 2 amide bonds. The highest BCUT2D eigenvalue weighted by Crippen LogP contribution is 2.37. The van der Waals surface area contributed by atoms with Gasteiger partial charge >= 0.3 is 12.2 Å². The van der Waals surface area contributed by atoms with Crippen molar-refractivity contribution >= 4 is 17.9 Å². The fourth-order valence-electron chi connectivity index (χ4n) is 5.35. The second-order valence-electron chi connectivity index (χ2n) is 11.0. The van der Waals surface area contributed by atoms with E-state index in [1.807, 2.05) is 62.1 Å². The van der Waals surface area contributed by atoms with Crippen molar-refractivity contribution in [1.29, 1.82) is 0 Å². The molecule has 0 aromatic heterocycles. The molecule has 0 spiro atoms. The molecule has 5 rings (SSSR count). The molecule has 3 heterocycles. The van der Waals surface area contributed by atoms with Crippen LogP contribution >= 0.6 is 0 Å². The van der Waals surface area contributed by atoms with Crippen LogP contribution in [0.2, 0.25) is 0 Å². The summed E-state index contributed by atoms with van der Waals surface area (Å²) in [7, 11) is 0. The number of halogens is 1. The Hall–Kier alpha value is -3.49. The summed E-state index contributed by atoms with van der Waals surface area (Å²) in [6, 6.07) is 12.5. The van der Waals surface area contributed by atoms with Crippen LogP contribution in [0.3, 0.4) is 0 Å². The number of rotatable bonds is 4. The minimum absolute atomic E-state index is 0.0316. The van der Waals surface area contributed by atoms with Crippen molar-refractivity contribution in [2.75, 3.05) is 24.6 Å². The lowest BCUT2D eigenvalue weighted by Crippen LogP contribution is -2.56. The normalized spacial score (nSPS) is 22.6. The largest absolute Gasteiger partial charge is 0.491 e. The summed E-state index contributed by atoms with van der Waals surface area (Å²) < 4.78 is 32.0. The third kappa shape index (κ3) is 5.76. The zero-order valence-electron chi connectivity index (χ0n) is 21.5. The van der Waals surface area contributed by atoms with Crippen molar-refractivity contribution < 1.29 is 28.2 Å². The van der Waals surface area contributed by atoms with Crippen LogP contribution in [0, 0.1) is 5.82 Å². The first kappa shape index (κ1) is 25.2. The number of ether oxygens (including phenoxy) is 3. The fourth-order valence-corrected chi connectivity index (χ4v) is 5.35. The molecule has 37 heavy (non-hydrogen) atoms. The van der Waals surface area contributed by atoms with E-state index < -0.39 is 11.7 Å². The van der Waals surface area contributed by atoms with Gasteiger partial charge in [-0.15, -0.1) is 0 Å². The van der Waals surface area contributed by atoms with Crippen LogP contribution in [0.4, 0.5) is 19.7 Å². The van der Waals surface area contributed by atoms with E-state index in [0.29, 0.717) is 30.8 Å². The van der Waals surface area contributed by atoms with Crippen molar-refractivity contribution in [3.63, 3.8) is 0 Å². The maximum absolute atomic E-state index is 15.2. The van der Waals surface area contributed by atoms with Crippen molar-refractivity contribution in [1.82, 2.24) is 10.2 Å². The van der Waals surface area contributed by atoms with Crippen LogP contribution in [0.5, 0.6) is 5.75 Å². The van der Waals surface area contributed by atoms with Crippen molar-refractivity contribution in [2.24, 2.45) is 0 Å². The Labute approximate surface area is 216 Å². The van der Waals surface area contributed by atoms with Gasteiger partial charge in [-0.2, -0.15) is 0 Å². The number of benzene rings is 2. The number of nitrogens with one attached hydrogen (secondary N) is 1. The van der Waals surface area contributed by atoms with Gasteiger partial charge in [-0.05, 0) is 45.2 Å². The molecular formula is C28H34FN3O5. The van der Waals surface area contributed by atoms with Gasteiger partial charge in [0.05, 0.1) is 18.1 Å². The Morgan fingerprint density at radius 2 is 1.81 bits per heavy atom. The second-order valence-corrected chi connectivity index (χ2v) is 11.0. The molecule has 9 heteroatoms. The lowest BCUT2D eigenvalue weighted by atomic mass is 10.0. The first-order valence-corrected chi connectivity index (χ1v) is 12.8. The van der Waals surface area contributed by atoms with E-state index in [2.05, 4.69) is 10.2 Å². The van der Waals surface area contributed by atoms with Gasteiger partial charge in [0.1, 0.15) is 30.4 Å². The molecule has 1 N–H and O–H groups in total. The summed E-state index contributed by atoms with van der Waals surface area (Å²) >= 11 is 0. The average molecular weight is 512 g/mol. The maximum atomic E-state index is 15.2. The summed E-state index contributed by atoms with van der Waals surface area (Å²) in [5.74, 6) is 0.131. The summed E-state index contributed by atoms with van der Waals surface area (Å²) in [6.07, 6.45) is 1.28. The summed E-state index contributed by atoms with van der Waals surface area (Å²) in [4.78, 5) is 29.0. The highest BCUT2D eigenvalue weighted by Gasteiger charge is 2.44. The molecule has 3 aliphatic rings. The van der Waals surface area contributed by atoms with Gasteiger partial charge in [0.15, 0.2) is 0 Å². The monoisotopic (exact) mass is 511 g/mol. The highest BCUT2D eigenvalue weighted by molar-refractivity contribution is 5.71. The van der Waals surface area contributed by atoms with E-state index in [4.69, 9.17) is 14.2 Å². The zero-order valence-corrected chi connectivity index (χ0v) is 21.5. The number of amides is 2. The van der Waals surface area contributed by atoms with Gasteiger partial charge < -0.3 is 24.4 Å². The van der Waals surface area contributed by atoms with Crippen molar-refractivity contribution in [3.8, 4) is 5.75 Å². The van der Waals surface area contributed by atoms with Crippen LogP contribution in [0.1, 0.15) is 44.7 Å². The van der Waals surface area contributed by atoms with E-state index in [0.717, 1.165) is 24.1 Å². The first-order valence-electron chi connectivity index (χ1n) is 12.8. The Kier molecular flexibility index (Phi) is 6.88. The third-order valence-electron chi connectivity index (χ3n) is 7.02. The summed E-state index contributed by atoms with van der Waals surface area (Å²) in [5, 5.41) is 2.77. The van der Waals surface area contributed by atoms with Gasteiger partial charge in [-0.1, -0.05) is 30.3 Å². The number of anilines is 1. The van der Waals surface area contributed by atoms with Crippen LogP contribution < -0.4 is 15.0 Å². The molecule has 0 saturated carbocycles. The topological polar surface area (TPSA) is 80.3 Å². The lowest BCUT2D eigenvalue weighted by Gasteiger charge is -2.42. The molecule has 2 aromatic carbocycles. The Morgan fingerprint density at radius 1 is 1.11 bits per heavy atom. The van der Waals surface area contributed by atoms with Crippen LogP contribution in [-0.4, -0.2) is 60.5 Å². The average Bonchev–Trinajstić information content (AvgIpc) is 3.12. The number of carbonyl (C=O) groups is 2. The molecule has 0 aliphatic carbocycles. The van der Waals surface area contributed by atoms with E-state index in [1.54, 1.807) is 0 Å². The van der Waals surface area contributed by atoms with Crippen molar-refractivity contribution in [3.05, 3.63) is 59.4 Å². The number of alkyl carbamates (subject to hydrolysis) is 1. The Bertz CT molecular complexity index is 1140. The Morgan fingerprint density at radius 3 is 2.49 bits per heavy atom. The zero-order chi connectivity index (χ0) is 26.2. The number of carbonyl (C=O) groups excluding carboxylic acids is 2. The van der Waals surface area contributed by atoms with Crippen LogP contribution in [0.15, 0.2) is 42.5 Å². The molecule has 198 valence electrons.